The van der Waals surface area contributed by atoms with Gasteiger partial charge in [0.15, 0.2) is 5.13 Å². The molecule has 2 heterocycles. The first-order valence-corrected chi connectivity index (χ1v) is 7.24. The topological polar surface area (TPSA) is 68.0 Å². The Morgan fingerprint density at radius 3 is 2.88 bits per heavy atom. The molecule has 17 heavy (non-hydrogen) atoms. The second-order valence-electron chi connectivity index (χ2n) is 3.35. The monoisotopic (exact) mass is 331 g/mol. The molecule has 0 fully saturated rings. The number of nitrogens with one attached hydrogen (secondary N) is 1. The Morgan fingerprint density at radius 1 is 1.53 bits per heavy atom. The number of nitrogens with two attached hydrogens (primary N) is 1. The maximum absolute atomic E-state index is 10.8. The normalized spacial score (nSPS) is 10.5. The number of thiophene rings is 1. The highest BCUT2D eigenvalue weighted by atomic mass is 79.9. The van der Waals surface area contributed by atoms with Crippen LogP contribution in [0.5, 0.6) is 0 Å². The number of thiazole rings is 1. The van der Waals surface area contributed by atoms with Crippen molar-refractivity contribution in [3.05, 3.63) is 20.8 Å². The van der Waals surface area contributed by atoms with Crippen molar-refractivity contribution in [2.75, 3.05) is 5.73 Å². The lowest BCUT2D eigenvalue weighted by molar-refractivity contribution is -0.119. The Balaban J connectivity index is 2.18. The van der Waals surface area contributed by atoms with Crippen LogP contribution in [0, 0.1) is 0 Å². The largest absolute Gasteiger partial charge is 0.375 e. The molecule has 0 radical (unpaired) electrons. The van der Waals surface area contributed by atoms with E-state index in [4.69, 9.17) is 5.73 Å². The zero-order chi connectivity index (χ0) is 12.4. The van der Waals surface area contributed by atoms with Crippen molar-refractivity contribution >= 4 is 49.6 Å². The third-order valence-corrected chi connectivity index (χ3v) is 4.64. The molecule has 2 aromatic heterocycles. The van der Waals surface area contributed by atoms with Crippen molar-refractivity contribution in [3.63, 3.8) is 0 Å². The van der Waals surface area contributed by atoms with E-state index in [1.54, 1.807) is 11.3 Å². The summed E-state index contributed by atoms with van der Waals surface area (Å²) in [5.74, 6) is -0.0287. The zero-order valence-electron chi connectivity index (χ0n) is 8.99. The molecule has 4 nitrogen and oxygen atoms in total. The predicted octanol–water partition coefficient (Wildman–Crippen LogP) is 2.85. The summed E-state index contributed by atoms with van der Waals surface area (Å²) in [6.07, 6.45) is 0. The van der Waals surface area contributed by atoms with E-state index in [-0.39, 0.29) is 5.91 Å². The van der Waals surface area contributed by atoms with E-state index < -0.39 is 0 Å². The van der Waals surface area contributed by atoms with Crippen LogP contribution >= 0.6 is 38.6 Å². The molecule has 90 valence electrons. The molecule has 0 spiro atoms. The van der Waals surface area contributed by atoms with Crippen LogP contribution in [0.3, 0.4) is 0 Å². The number of amides is 1. The van der Waals surface area contributed by atoms with Gasteiger partial charge in [0.25, 0.3) is 0 Å². The van der Waals surface area contributed by atoms with Crippen molar-refractivity contribution < 1.29 is 4.79 Å². The number of carbonyl (C=O) groups is 1. The molecule has 1 amide bonds. The van der Waals surface area contributed by atoms with E-state index in [1.807, 2.05) is 12.1 Å². The average Bonchev–Trinajstić information content (AvgIpc) is 2.82. The lowest BCUT2D eigenvalue weighted by Gasteiger charge is -1.97. The van der Waals surface area contributed by atoms with Gasteiger partial charge in [0.1, 0.15) is 9.48 Å². The fourth-order valence-corrected chi connectivity index (χ4v) is 3.79. The Labute approximate surface area is 115 Å². The lowest BCUT2D eigenvalue weighted by Crippen LogP contribution is -2.17. The number of nitrogens with zero attached hydrogens (tertiary/aromatic N) is 1. The van der Waals surface area contributed by atoms with E-state index in [0.29, 0.717) is 11.7 Å². The van der Waals surface area contributed by atoms with Crippen LogP contribution in [-0.4, -0.2) is 10.9 Å². The van der Waals surface area contributed by atoms with Gasteiger partial charge in [0, 0.05) is 11.8 Å². The second kappa shape index (κ2) is 5.16. The first-order chi connectivity index (χ1) is 8.06. The number of hydrogen-bond donors (Lipinski definition) is 2. The average molecular weight is 332 g/mol. The minimum Gasteiger partial charge on any atom is -0.375 e. The van der Waals surface area contributed by atoms with E-state index in [0.717, 1.165) is 19.2 Å². The predicted molar refractivity (Wildman–Crippen MR) is 75.1 cm³/mol. The van der Waals surface area contributed by atoms with Crippen molar-refractivity contribution in [2.45, 2.75) is 13.5 Å². The Hall–Kier alpha value is -0.920. The molecule has 0 aliphatic rings. The highest BCUT2D eigenvalue weighted by Crippen LogP contribution is 2.37. The summed E-state index contributed by atoms with van der Waals surface area (Å²) in [7, 11) is 0. The van der Waals surface area contributed by atoms with Gasteiger partial charge in [0.2, 0.25) is 5.91 Å². The first kappa shape index (κ1) is 12.5. The number of halogens is 1. The van der Waals surface area contributed by atoms with Crippen molar-refractivity contribution in [2.24, 2.45) is 0 Å². The van der Waals surface area contributed by atoms with E-state index in [9.17, 15) is 4.79 Å². The molecule has 7 heteroatoms. The molecule has 2 aromatic rings. The van der Waals surface area contributed by atoms with Crippen LogP contribution in [0.4, 0.5) is 5.13 Å². The van der Waals surface area contributed by atoms with Crippen molar-refractivity contribution in [3.8, 4) is 10.6 Å². The summed E-state index contributed by atoms with van der Waals surface area (Å²) in [5, 5.41) is 3.31. The van der Waals surface area contributed by atoms with Gasteiger partial charge >= 0.3 is 0 Å². The first-order valence-electron chi connectivity index (χ1n) is 4.81. The van der Waals surface area contributed by atoms with E-state index in [1.165, 1.54) is 18.3 Å². The van der Waals surface area contributed by atoms with Gasteiger partial charge in [-0.3, -0.25) is 4.79 Å². The summed E-state index contributed by atoms with van der Waals surface area (Å²) in [4.78, 5) is 17.2. The number of carbonyl (C=O) groups excluding carboxylic acids is 1. The molecule has 0 atom stereocenters. The molecular formula is C10H10BrN3OS2. The van der Waals surface area contributed by atoms with Crippen molar-refractivity contribution in [1.82, 2.24) is 10.3 Å². The molecule has 3 N–H and O–H groups in total. The van der Waals surface area contributed by atoms with Crippen LogP contribution < -0.4 is 11.1 Å². The molecule has 0 aromatic carbocycles. The molecule has 0 unspecified atom stereocenters. The molecular weight excluding hydrogens is 322 g/mol. The minimum absolute atomic E-state index is 0.0287. The smallest absolute Gasteiger partial charge is 0.217 e. The van der Waals surface area contributed by atoms with Gasteiger partial charge in [-0.15, -0.1) is 11.3 Å². The molecule has 0 aliphatic carbocycles. The third-order valence-electron chi connectivity index (χ3n) is 2.01. The number of hydrogen-bond acceptors (Lipinski definition) is 5. The maximum Gasteiger partial charge on any atom is 0.217 e. The third kappa shape index (κ3) is 3.05. The summed E-state index contributed by atoms with van der Waals surface area (Å²) >= 11 is 6.45. The fourth-order valence-electron chi connectivity index (χ4n) is 1.28. The fraction of sp³-hybridized carbons (Fsp3) is 0.200. The molecule has 0 saturated heterocycles. The van der Waals surface area contributed by atoms with Crippen LogP contribution in [-0.2, 0) is 11.3 Å². The Kier molecular flexibility index (Phi) is 3.80. The van der Waals surface area contributed by atoms with Gasteiger partial charge in [-0.05, 0) is 28.1 Å². The summed E-state index contributed by atoms with van der Waals surface area (Å²) < 4.78 is 0.933. The molecule has 0 saturated carbocycles. The van der Waals surface area contributed by atoms with Crippen LogP contribution in [0.15, 0.2) is 15.9 Å². The Bertz CT molecular complexity index is 549. The standard InChI is InChI=1S/C10H10BrN3OS2/c1-5(15)13-4-6-2-3-7(16-6)8-9(11)17-10(12)14-8/h2-3H,4H2,1H3,(H2,12,14)(H,13,15). The minimum atomic E-state index is -0.0287. The quantitative estimate of drug-likeness (QED) is 0.908. The zero-order valence-corrected chi connectivity index (χ0v) is 12.2. The highest BCUT2D eigenvalue weighted by Gasteiger charge is 2.11. The molecule has 0 aliphatic heterocycles. The second-order valence-corrected chi connectivity index (χ2v) is 6.87. The summed E-state index contributed by atoms with van der Waals surface area (Å²) in [6, 6.07) is 3.97. The number of nitrogen functional groups attached to an aromatic ring is 1. The van der Waals surface area contributed by atoms with Gasteiger partial charge < -0.3 is 11.1 Å². The maximum atomic E-state index is 10.8. The SMILES string of the molecule is CC(=O)NCc1ccc(-c2nc(N)sc2Br)s1. The summed E-state index contributed by atoms with van der Waals surface area (Å²) in [5.41, 5.74) is 6.51. The van der Waals surface area contributed by atoms with E-state index >= 15 is 0 Å². The van der Waals surface area contributed by atoms with Crippen LogP contribution in [0.1, 0.15) is 11.8 Å². The van der Waals surface area contributed by atoms with Crippen molar-refractivity contribution in [1.29, 1.82) is 0 Å². The van der Waals surface area contributed by atoms with Gasteiger partial charge in [-0.25, -0.2) is 4.98 Å². The number of anilines is 1. The summed E-state index contributed by atoms with van der Waals surface area (Å²) in [6.45, 7) is 2.06. The van der Waals surface area contributed by atoms with Crippen LogP contribution in [0.25, 0.3) is 10.6 Å². The number of rotatable bonds is 3. The van der Waals surface area contributed by atoms with E-state index in [2.05, 4.69) is 26.2 Å². The number of aromatic nitrogens is 1. The lowest BCUT2D eigenvalue weighted by atomic mass is 10.3. The van der Waals surface area contributed by atoms with Crippen LogP contribution in [0.2, 0.25) is 0 Å². The van der Waals surface area contributed by atoms with Gasteiger partial charge in [0.05, 0.1) is 11.4 Å². The Morgan fingerprint density at radius 2 is 2.29 bits per heavy atom. The highest BCUT2D eigenvalue weighted by molar-refractivity contribution is 9.11. The van der Waals surface area contributed by atoms with Gasteiger partial charge in [-0.2, -0.15) is 0 Å². The molecule has 0 bridgehead atoms. The van der Waals surface area contributed by atoms with Gasteiger partial charge in [-0.1, -0.05) is 11.3 Å². The molecule has 2 rings (SSSR count).